The molecule has 4 rings (SSSR count). The first kappa shape index (κ1) is 17.8. The summed E-state index contributed by atoms with van der Waals surface area (Å²) in [6.07, 6.45) is 1.09. The molecule has 0 atom stereocenters. The van der Waals surface area contributed by atoms with E-state index in [-0.39, 0.29) is 4.90 Å². The summed E-state index contributed by atoms with van der Waals surface area (Å²) in [5, 5.41) is 10.2. The number of benzene rings is 3. The molecule has 0 radical (unpaired) electrons. The minimum absolute atomic E-state index is 0.0876. The third kappa shape index (κ3) is 3.01. The predicted octanol–water partition coefficient (Wildman–Crippen LogP) is 3.25. The number of imidazole rings is 1. The maximum absolute atomic E-state index is 13.0. The Morgan fingerprint density at radius 3 is 1.86 bits per heavy atom. The van der Waals surface area contributed by atoms with Crippen molar-refractivity contribution in [2.75, 3.05) is 0 Å². The Bertz CT molecular complexity index is 1270. The zero-order valence-corrected chi connectivity index (χ0v) is 15.5. The van der Waals surface area contributed by atoms with Gasteiger partial charge in [0.1, 0.15) is 0 Å². The van der Waals surface area contributed by atoms with Crippen molar-refractivity contribution in [1.29, 1.82) is 0 Å². The number of hydrogen-bond donors (Lipinski definition) is 1. The van der Waals surface area contributed by atoms with Crippen molar-refractivity contribution in [2.45, 2.75) is 4.90 Å². The lowest BCUT2D eigenvalue weighted by Crippen LogP contribution is -2.28. The summed E-state index contributed by atoms with van der Waals surface area (Å²) in [4.78, 5) is 12.6. The third-order valence-electron chi connectivity index (χ3n) is 4.37. The fraction of sp³-hybridized carbons (Fsp3) is 0. The monoisotopic (exact) mass is 392 g/mol. The molecular formula is C21H16N2O4S. The van der Waals surface area contributed by atoms with Crippen LogP contribution >= 0.6 is 0 Å². The van der Waals surface area contributed by atoms with Crippen LogP contribution in [0.25, 0.3) is 16.8 Å². The Balaban J connectivity index is 1.77. The molecule has 0 amide bonds. The highest BCUT2D eigenvalue weighted by atomic mass is 32.2. The summed E-state index contributed by atoms with van der Waals surface area (Å²) in [7, 11) is -4.25. The molecule has 0 spiro atoms. The molecule has 0 aliphatic heterocycles. The first-order chi connectivity index (χ1) is 13.5. The number of hydrogen-bond acceptors (Lipinski definition) is 4. The zero-order chi connectivity index (χ0) is 19.7. The topological polar surface area (TPSA) is 81.3 Å². The summed E-state index contributed by atoms with van der Waals surface area (Å²) in [6, 6.07) is 24.2. The molecule has 28 heavy (non-hydrogen) atoms. The Morgan fingerprint density at radius 1 is 0.714 bits per heavy atom. The molecule has 1 heterocycles. The third-order valence-corrected chi connectivity index (χ3v) is 6.06. The molecule has 7 heteroatoms. The number of aromatic hydroxyl groups is 1. The molecule has 1 N–H and O–H groups in total. The summed E-state index contributed by atoms with van der Waals surface area (Å²) in [5.41, 5.74) is 1.38. The first-order valence-corrected chi connectivity index (χ1v) is 9.92. The van der Waals surface area contributed by atoms with E-state index >= 15 is 0 Å². The van der Waals surface area contributed by atoms with E-state index in [9.17, 15) is 18.3 Å². The molecular weight excluding hydrogens is 376 g/mol. The van der Waals surface area contributed by atoms with Gasteiger partial charge in [0.05, 0.1) is 16.8 Å². The van der Waals surface area contributed by atoms with Crippen molar-refractivity contribution in [1.82, 2.24) is 8.54 Å². The highest BCUT2D eigenvalue weighted by molar-refractivity contribution is 7.90. The van der Waals surface area contributed by atoms with Crippen molar-refractivity contribution in [3.8, 4) is 22.7 Å². The molecule has 6 nitrogen and oxygen atoms in total. The van der Waals surface area contributed by atoms with Crippen LogP contribution in [0.15, 0.2) is 101 Å². The van der Waals surface area contributed by atoms with E-state index in [0.717, 1.165) is 21.9 Å². The van der Waals surface area contributed by atoms with Crippen LogP contribution in [0.4, 0.5) is 0 Å². The van der Waals surface area contributed by atoms with Crippen molar-refractivity contribution in [3.63, 3.8) is 0 Å². The number of rotatable bonds is 4. The lowest BCUT2D eigenvalue weighted by atomic mass is 10.1. The molecule has 0 fully saturated rings. The highest BCUT2D eigenvalue weighted by Gasteiger charge is 2.25. The highest BCUT2D eigenvalue weighted by Crippen LogP contribution is 2.24. The predicted molar refractivity (Wildman–Crippen MR) is 106 cm³/mol. The maximum atomic E-state index is 13.0. The summed E-state index contributed by atoms with van der Waals surface area (Å²) >= 11 is 0. The van der Waals surface area contributed by atoms with Gasteiger partial charge < -0.3 is 5.11 Å². The van der Waals surface area contributed by atoms with Gasteiger partial charge in [-0.15, -0.1) is 3.97 Å². The van der Waals surface area contributed by atoms with Crippen molar-refractivity contribution in [2.24, 2.45) is 0 Å². The molecule has 0 bridgehead atoms. The smallest absolute Gasteiger partial charge is 0.350 e. The van der Waals surface area contributed by atoms with Crippen LogP contribution in [-0.2, 0) is 10.0 Å². The second-order valence-corrected chi connectivity index (χ2v) is 7.92. The average molecular weight is 392 g/mol. The van der Waals surface area contributed by atoms with Crippen LogP contribution < -0.4 is 5.69 Å². The van der Waals surface area contributed by atoms with Gasteiger partial charge in [-0.05, 0) is 35.4 Å². The van der Waals surface area contributed by atoms with Crippen molar-refractivity contribution < 1.29 is 13.5 Å². The Kier molecular flexibility index (Phi) is 4.37. The molecule has 140 valence electrons. The lowest BCUT2D eigenvalue weighted by Gasteiger charge is -2.07. The number of aromatic nitrogens is 2. The van der Waals surface area contributed by atoms with Crippen LogP contribution in [-0.4, -0.2) is 22.1 Å². The van der Waals surface area contributed by atoms with Crippen LogP contribution in [0, 0.1) is 0 Å². The zero-order valence-electron chi connectivity index (χ0n) is 14.6. The fourth-order valence-electron chi connectivity index (χ4n) is 2.97. The van der Waals surface area contributed by atoms with Gasteiger partial charge in [-0.2, -0.15) is 0 Å². The fourth-order valence-corrected chi connectivity index (χ4v) is 4.25. The normalized spacial score (nSPS) is 11.4. The standard InChI is InChI=1S/C21H16N2O4S/c24-20-15-22(18-9-5-2-6-10-18)21(25)23(20)28(26,27)19-13-11-17(12-14-19)16-7-3-1-4-8-16/h1-15,24H. The van der Waals surface area contributed by atoms with Gasteiger partial charge in [0.15, 0.2) is 0 Å². The SMILES string of the molecule is O=c1n(-c2ccccc2)cc(O)n1S(=O)(=O)c1ccc(-c2ccccc2)cc1. The van der Waals surface area contributed by atoms with Gasteiger partial charge in [0.2, 0.25) is 5.88 Å². The van der Waals surface area contributed by atoms with E-state index in [4.69, 9.17) is 0 Å². The van der Waals surface area contributed by atoms with Crippen LogP contribution in [0.2, 0.25) is 0 Å². The largest absolute Gasteiger partial charge is 0.493 e. The Hall–Kier alpha value is -3.58. The summed E-state index contributed by atoms with van der Waals surface area (Å²) in [5.74, 6) is -0.652. The van der Waals surface area contributed by atoms with Gasteiger partial charge in [-0.1, -0.05) is 60.7 Å². The Labute approximate surface area is 161 Å². The van der Waals surface area contributed by atoms with Crippen LogP contribution in [0.1, 0.15) is 0 Å². The number of nitrogens with zero attached hydrogens (tertiary/aromatic N) is 2. The quantitative estimate of drug-likeness (QED) is 0.578. The van der Waals surface area contributed by atoms with E-state index in [1.165, 1.54) is 12.1 Å². The minimum atomic E-state index is -4.25. The maximum Gasteiger partial charge on any atom is 0.350 e. The van der Waals surface area contributed by atoms with Gasteiger partial charge in [-0.25, -0.2) is 13.2 Å². The molecule has 4 aromatic rings. The van der Waals surface area contributed by atoms with E-state index in [2.05, 4.69) is 0 Å². The van der Waals surface area contributed by atoms with E-state index < -0.39 is 21.6 Å². The molecule has 3 aromatic carbocycles. The van der Waals surface area contributed by atoms with Crippen molar-refractivity contribution in [3.05, 3.63) is 102 Å². The second kappa shape index (κ2) is 6.86. The van der Waals surface area contributed by atoms with E-state index in [0.29, 0.717) is 9.66 Å². The molecule has 0 unspecified atom stereocenters. The van der Waals surface area contributed by atoms with E-state index in [1.807, 2.05) is 30.3 Å². The molecule has 1 aromatic heterocycles. The van der Waals surface area contributed by atoms with Crippen molar-refractivity contribution >= 4 is 10.0 Å². The van der Waals surface area contributed by atoms with Crippen LogP contribution in [0.3, 0.4) is 0 Å². The minimum Gasteiger partial charge on any atom is -0.493 e. The molecule has 0 saturated carbocycles. The first-order valence-electron chi connectivity index (χ1n) is 8.48. The molecule has 0 aliphatic rings. The van der Waals surface area contributed by atoms with Crippen LogP contribution in [0.5, 0.6) is 5.88 Å². The molecule has 0 saturated heterocycles. The Morgan fingerprint density at radius 2 is 1.25 bits per heavy atom. The lowest BCUT2D eigenvalue weighted by molar-refractivity contribution is 0.443. The molecule has 0 aliphatic carbocycles. The van der Waals surface area contributed by atoms with Gasteiger partial charge >= 0.3 is 5.69 Å². The second-order valence-electron chi connectivity index (χ2n) is 6.14. The van der Waals surface area contributed by atoms with Gasteiger partial charge in [-0.3, -0.25) is 4.57 Å². The van der Waals surface area contributed by atoms with Gasteiger partial charge in [0, 0.05) is 0 Å². The van der Waals surface area contributed by atoms with E-state index in [1.54, 1.807) is 42.5 Å². The number of para-hydroxylation sites is 1. The van der Waals surface area contributed by atoms with Gasteiger partial charge in [0.25, 0.3) is 10.0 Å². The summed E-state index contributed by atoms with van der Waals surface area (Å²) < 4.78 is 27.4. The summed E-state index contributed by atoms with van der Waals surface area (Å²) in [6.45, 7) is 0. The average Bonchev–Trinajstić information content (AvgIpc) is 3.04.